The summed E-state index contributed by atoms with van der Waals surface area (Å²) in [5, 5.41) is 4.06. The molecule has 1 aliphatic carbocycles. The highest BCUT2D eigenvalue weighted by atomic mass is 32.1. The maximum atomic E-state index is 14.3. The highest BCUT2D eigenvalue weighted by molar-refractivity contribution is 7.09. The maximum absolute atomic E-state index is 14.3. The number of benzene rings is 2. The summed E-state index contributed by atoms with van der Waals surface area (Å²) >= 11 is 0.802. The van der Waals surface area contributed by atoms with Gasteiger partial charge in [-0.15, -0.1) is 0 Å². The number of nitrogen functional groups attached to an aromatic ring is 1. The molecule has 3 amide bonds. The van der Waals surface area contributed by atoms with Crippen LogP contribution in [0.2, 0.25) is 0 Å². The van der Waals surface area contributed by atoms with Gasteiger partial charge >= 0.3 is 0 Å². The predicted molar refractivity (Wildman–Crippen MR) is 154 cm³/mol. The molecule has 1 atom stereocenters. The number of carbonyl (C=O) groups excluding carboxylic acids is 3. The van der Waals surface area contributed by atoms with Crippen molar-refractivity contribution in [1.82, 2.24) is 14.7 Å². The molecule has 10 heteroatoms. The van der Waals surface area contributed by atoms with Crippen molar-refractivity contribution >= 4 is 51.5 Å². The van der Waals surface area contributed by atoms with E-state index in [1.54, 1.807) is 6.20 Å². The smallest absolute Gasteiger partial charge is 0.273 e. The second kappa shape index (κ2) is 11.3. The van der Waals surface area contributed by atoms with Crippen LogP contribution >= 0.6 is 11.5 Å². The lowest BCUT2D eigenvalue weighted by atomic mass is 9.94. The van der Waals surface area contributed by atoms with E-state index in [1.165, 1.54) is 4.90 Å². The minimum Gasteiger partial charge on any atom is -0.395 e. The van der Waals surface area contributed by atoms with Gasteiger partial charge in [-0.3, -0.25) is 19.3 Å². The first-order valence-corrected chi connectivity index (χ1v) is 14.0. The van der Waals surface area contributed by atoms with Crippen molar-refractivity contribution in [3.8, 4) is 0 Å². The molecule has 4 aromatic rings. The average molecular weight is 545 g/mol. The van der Waals surface area contributed by atoms with Crippen LogP contribution in [0.25, 0.3) is 10.9 Å². The SMILES string of the molecule is CCc1ccc(N(C(=O)c2snc(C(N)=O)c2N)[C@@H](C(=O)NC2CCCCC2)c2c[nH]c3ccccc23)cc1. The third-order valence-corrected chi connectivity index (χ3v) is 8.22. The number of nitrogens with two attached hydrogens (primary N) is 2. The van der Waals surface area contributed by atoms with E-state index in [-0.39, 0.29) is 28.2 Å². The van der Waals surface area contributed by atoms with Crippen LogP contribution in [0.15, 0.2) is 54.7 Å². The van der Waals surface area contributed by atoms with Crippen molar-refractivity contribution in [3.05, 3.63) is 76.4 Å². The zero-order valence-electron chi connectivity index (χ0n) is 21.8. The van der Waals surface area contributed by atoms with Crippen molar-refractivity contribution < 1.29 is 14.4 Å². The molecule has 0 aliphatic heterocycles. The van der Waals surface area contributed by atoms with Crippen molar-refractivity contribution in [2.75, 3.05) is 10.6 Å². The molecule has 0 saturated heterocycles. The van der Waals surface area contributed by atoms with E-state index in [1.807, 2.05) is 55.5 Å². The number of fused-ring (bicyclic) bond motifs is 1. The molecule has 2 aromatic heterocycles. The Morgan fingerprint density at radius 3 is 2.49 bits per heavy atom. The summed E-state index contributed by atoms with van der Waals surface area (Å²) in [4.78, 5) is 45.1. The minimum absolute atomic E-state index is 0.0355. The van der Waals surface area contributed by atoms with E-state index in [9.17, 15) is 14.4 Å². The maximum Gasteiger partial charge on any atom is 0.273 e. The quantitative estimate of drug-likeness (QED) is 0.254. The first-order chi connectivity index (χ1) is 18.9. The number of nitrogens with zero attached hydrogens (tertiary/aromatic N) is 2. The fourth-order valence-corrected chi connectivity index (χ4v) is 6.00. The van der Waals surface area contributed by atoms with Crippen molar-refractivity contribution in [1.29, 1.82) is 0 Å². The number of carbonyl (C=O) groups is 3. The Bertz CT molecular complexity index is 1500. The second-order valence-corrected chi connectivity index (χ2v) is 10.6. The molecular weight excluding hydrogens is 512 g/mol. The summed E-state index contributed by atoms with van der Waals surface area (Å²) in [6.45, 7) is 2.05. The second-order valence-electron chi connectivity index (χ2n) is 9.87. The molecule has 1 saturated carbocycles. The largest absolute Gasteiger partial charge is 0.395 e. The molecule has 39 heavy (non-hydrogen) atoms. The third-order valence-electron chi connectivity index (χ3n) is 7.37. The number of nitrogens with one attached hydrogen (secondary N) is 2. The van der Waals surface area contributed by atoms with Crippen LogP contribution in [0.1, 0.15) is 76.4 Å². The molecular formula is C29H32N6O3S. The van der Waals surface area contributed by atoms with Crippen LogP contribution < -0.4 is 21.7 Å². The Morgan fingerprint density at radius 2 is 1.82 bits per heavy atom. The van der Waals surface area contributed by atoms with Crippen LogP contribution in [-0.2, 0) is 11.2 Å². The number of para-hydroxylation sites is 1. The number of anilines is 2. The van der Waals surface area contributed by atoms with Crippen molar-refractivity contribution in [2.45, 2.75) is 57.5 Å². The Hall–Kier alpha value is -4.18. The number of hydrogen-bond acceptors (Lipinski definition) is 6. The van der Waals surface area contributed by atoms with Crippen molar-refractivity contribution in [2.24, 2.45) is 5.73 Å². The molecule has 9 nitrogen and oxygen atoms in total. The number of aromatic nitrogens is 2. The molecule has 2 heterocycles. The van der Waals surface area contributed by atoms with Gasteiger partial charge in [0.1, 0.15) is 10.9 Å². The van der Waals surface area contributed by atoms with Gasteiger partial charge in [-0.2, -0.15) is 4.37 Å². The fourth-order valence-electron chi connectivity index (χ4n) is 5.26. The third kappa shape index (κ3) is 5.24. The summed E-state index contributed by atoms with van der Waals surface area (Å²) in [7, 11) is 0. The van der Waals surface area contributed by atoms with E-state index in [4.69, 9.17) is 11.5 Å². The Balaban J connectivity index is 1.67. The van der Waals surface area contributed by atoms with Gasteiger partial charge in [0.05, 0.1) is 5.69 Å². The lowest BCUT2D eigenvalue weighted by Crippen LogP contribution is -2.47. The van der Waals surface area contributed by atoms with Crippen LogP contribution in [0, 0.1) is 0 Å². The highest BCUT2D eigenvalue weighted by Gasteiger charge is 2.38. The summed E-state index contributed by atoms with van der Waals surface area (Å²) in [6.07, 6.45) is 7.66. The predicted octanol–water partition coefficient (Wildman–Crippen LogP) is 4.70. The molecule has 0 bridgehead atoms. The topological polar surface area (TPSA) is 147 Å². The Morgan fingerprint density at radius 1 is 1.10 bits per heavy atom. The lowest BCUT2D eigenvalue weighted by molar-refractivity contribution is -0.123. The summed E-state index contributed by atoms with van der Waals surface area (Å²) in [6, 6.07) is 14.2. The fraction of sp³-hybridized carbons (Fsp3) is 0.310. The number of H-pyrrole nitrogens is 1. The molecule has 0 unspecified atom stereocenters. The number of primary amides is 1. The molecule has 1 aliphatic rings. The van der Waals surface area contributed by atoms with Gasteiger partial charge < -0.3 is 21.8 Å². The van der Waals surface area contributed by atoms with Crippen LogP contribution in [-0.4, -0.2) is 33.1 Å². The molecule has 0 radical (unpaired) electrons. The summed E-state index contributed by atoms with van der Waals surface area (Å²) in [5.41, 5.74) is 14.5. The van der Waals surface area contributed by atoms with Gasteiger partial charge in [-0.1, -0.05) is 56.5 Å². The van der Waals surface area contributed by atoms with Crippen molar-refractivity contribution in [3.63, 3.8) is 0 Å². The highest BCUT2D eigenvalue weighted by Crippen LogP contribution is 2.36. The van der Waals surface area contributed by atoms with Crippen LogP contribution in [0.3, 0.4) is 0 Å². The Labute approximate surface area is 230 Å². The van der Waals surface area contributed by atoms with E-state index >= 15 is 0 Å². The Kier molecular flexibility index (Phi) is 7.65. The van der Waals surface area contributed by atoms with Gasteiger partial charge in [-0.05, 0) is 54.6 Å². The van der Waals surface area contributed by atoms with Gasteiger partial charge in [0.25, 0.3) is 11.8 Å². The van der Waals surface area contributed by atoms with Gasteiger partial charge in [0, 0.05) is 34.4 Å². The van der Waals surface area contributed by atoms with E-state index in [0.717, 1.165) is 66.5 Å². The normalized spacial score (nSPS) is 14.7. The monoisotopic (exact) mass is 544 g/mol. The van der Waals surface area contributed by atoms with Gasteiger partial charge in [0.15, 0.2) is 5.69 Å². The lowest BCUT2D eigenvalue weighted by Gasteiger charge is -2.33. The minimum atomic E-state index is -1.01. The van der Waals surface area contributed by atoms with Crippen LogP contribution in [0.4, 0.5) is 11.4 Å². The molecule has 202 valence electrons. The first-order valence-electron chi connectivity index (χ1n) is 13.2. The van der Waals surface area contributed by atoms with E-state index in [0.29, 0.717) is 11.3 Å². The standard InChI is InChI=1S/C29H32N6O3S/c1-2-17-12-14-19(15-13-17)35(29(38)26-23(30)24(27(31)36)34-39-26)25(28(37)33-18-8-4-3-5-9-18)21-16-32-22-11-7-6-10-20(21)22/h6-7,10-16,18,25,32H,2-5,8-9,30H2,1H3,(H2,31,36)(H,33,37)/t25-/m1/s1. The molecule has 6 N–H and O–H groups in total. The number of rotatable bonds is 8. The van der Waals surface area contributed by atoms with E-state index in [2.05, 4.69) is 14.7 Å². The van der Waals surface area contributed by atoms with E-state index < -0.39 is 17.9 Å². The zero-order chi connectivity index (χ0) is 27.5. The van der Waals surface area contributed by atoms with Gasteiger partial charge in [0.2, 0.25) is 5.91 Å². The van der Waals surface area contributed by atoms with Crippen LogP contribution in [0.5, 0.6) is 0 Å². The molecule has 5 rings (SSSR count). The first kappa shape index (κ1) is 26.4. The number of aromatic amines is 1. The number of aryl methyl sites for hydroxylation is 1. The van der Waals surface area contributed by atoms with Gasteiger partial charge in [-0.25, -0.2) is 0 Å². The molecule has 0 spiro atoms. The number of amides is 3. The average Bonchev–Trinajstić information content (AvgIpc) is 3.55. The number of hydrogen-bond donors (Lipinski definition) is 4. The summed E-state index contributed by atoms with van der Waals surface area (Å²) < 4.78 is 4.04. The summed E-state index contributed by atoms with van der Waals surface area (Å²) in [5.74, 6) is -1.63. The molecule has 2 aromatic carbocycles. The molecule has 1 fully saturated rings. The zero-order valence-corrected chi connectivity index (χ0v) is 22.6.